The van der Waals surface area contributed by atoms with Crippen LogP contribution in [0.25, 0.3) is 21.0 Å². The molecule has 0 radical (unpaired) electrons. The SMILES string of the molecule is Cc1cc(Nc2nccc(C(F)(F)F)n2)cc(-c2cnc(-c3cnn(CC4CNC(=O)O4)c3)s2)c1. The molecule has 3 aromatic heterocycles. The number of aryl methyl sites for hydroxylation is 1. The van der Waals surface area contributed by atoms with Crippen LogP contribution in [0.4, 0.5) is 29.6 Å². The molecule has 2 N–H and O–H groups in total. The van der Waals surface area contributed by atoms with E-state index in [1.54, 1.807) is 29.2 Å². The van der Waals surface area contributed by atoms with E-state index in [9.17, 15) is 18.0 Å². The van der Waals surface area contributed by atoms with Crippen molar-refractivity contribution in [2.24, 2.45) is 0 Å². The largest absolute Gasteiger partial charge is 0.442 e. The molecule has 35 heavy (non-hydrogen) atoms. The number of hydrogen-bond donors (Lipinski definition) is 2. The maximum absolute atomic E-state index is 13.0. The highest BCUT2D eigenvalue weighted by atomic mass is 32.1. The number of carbonyl (C=O) groups is 1. The van der Waals surface area contributed by atoms with Gasteiger partial charge in [0.2, 0.25) is 5.95 Å². The summed E-state index contributed by atoms with van der Waals surface area (Å²) in [6, 6.07) is 6.38. The van der Waals surface area contributed by atoms with Crippen molar-refractivity contribution < 1.29 is 22.7 Å². The van der Waals surface area contributed by atoms with Crippen molar-refractivity contribution in [3.8, 4) is 21.0 Å². The predicted molar refractivity (Wildman–Crippen MR) is 122 cm³/mol. The van der Waals surface area contributed by atoms with Gasteiger partial charge in [0.05, 0.1) is 24.2 Å². The van der Waals surface area contributed by atoms with Crippen LogP contribution in [0.3, 0.4) is 0 Å². The Morgan fingerprint density at radius 1 is 1.23 bits per heavy atom. The molecule has 4 heterocycles. The summed E-state index contributed by atoms with van der Waals surface area (Å²) in [6.07, 6.45) is 1.07. The molecule has 1 aromatic carbocycles. The maximum atomic E-state index is 13.0. The summed E-state index contributed by atoms with van der Waals surface area (Å²) in [6.45, 7) is 2.75. The highest BCUT2D eigenvalue weighted by Gasteiger charge is 2.32. The average molecular weight is 501 g/mol. The number of hydrogen-bond acceptors (Lipinski definition) is 8. The molecule has 5 rings (SSSR count). The smallest absolute Gasteiger partial charge is 0.433 e. The van der Waals surface area contributed by atoms with Gasteiger partial charge in [0.1, 0.15) is 16.8 Å². The van der Waals surface area contributed by atoms with Crippen LogP contribution in [0.5, 0.6) is 0 Å². The minimum Gasteiger partial charge on any atom is -0.442 e. The van der Waals surface area contributed by atoms with Gasteiger partial charge in [0, 0.05) is 29.8 Å². The minimum absolute atomic E-state index is 0.142. The third kappa shape index (κ3) is 5.24. The van der Waals surface area contributed by atoms with Crippen molar-refractivity contribution in [2.75, 3.05) is 11.9 Å². The van der Waals surface area contributed by atoms with Crippen molar-refractivity contribution in [3.05, 3.63) is 60.3 Å². The number of ether oxygens (including phenoxy) is 1. The number of benzene rings is 1. The van der Waals surface area contributed by atoms with E-state index in [-0.39, 0.29) is 12.1 Å². The fourth-order valence-electron chi connectivity index (χ4n) is 3.56. The van der Waals surface area contributed by atoms with Crippen molar-refractivity contribution in [1.82, 2.24) is 30.0 Å². The molecule has 0 spiro atoms. The van der Waals surface area contributed by atoms with Gasteiger partial charge < -0.3 is 15.4 Å². The topological polar surface area (TPSA) is 107 Å². The van der Waals surface area contributed by atoms with Crippen LogP contribution in [-0.4, -0.2) is 43.5 Å². The molecule has 1 atom stereocenters. The quantitative estimate of drug-likeness (QED) is 0.396. The minimum atomic E-state index is -4.55. The average Bonchev–Trinajstić information content (AvgIpc) is 3.54. The van der Waals surface area contributed by atoms with Gasteiger partial charge in [-0.1, -0.05) is 6.07 Å². The van der Waals surface area contributed by atoms with Crippen LogP contribution < -0.4 is 10.6 Å². The normalized spacial score (nSPS) is 15.7. The number of alkyl halides is 3. The van der Waals surface area contributed by atoms with Gasteiger partial charge in [0.25, 0.3) is 0 Å². The number of nitrogens with zero attached hydrogens (tertiary/aromatic N) is 5. The number of amides is 1. The first-order chi connectivity index (χ1) is 16.7. The van der Waals surface area contributed by atoms with E-state index in [4.69, 9.17) is 4.74 Å². The van der Waals surface area contributed by atoms with E-state index in [0.717, 1.165) is 38.8 Å². The molecule has 1 amide bonds. The fourth-order valence-corrected chi connectivity index (χ4v) is 4.44. The molecule has 9 nitrogen and oxygen atoms in total. The fraction of sp³-hybridized carbons (Fsp3) is 0.227. The highest BCUT2D eigenvalue weighted by molar-refractivity contribution is 7.18. The Kier molecular flexibility index (Phi) is 5.84. The van der Waals surface area contributed by atoms with E-state index in [1.165, 1.54) is 11.3 Å². The van der Waals surface area contributed by atoms with Gasteiger partial charge in [-0.25, -0.2) is 19.7 Å². The molecule has 1 saturated heterocycles. The Balaban J connectivity index is 1.34. The molecule has 0 bridgehead atoms. The van der Waals surface area contributed by atoms with E-state index >= 15 is 0 Å². The molecule has 1 aliphatic rings. The standard InChI is InChI=1S/C22H18F3N7O2S/c1-12-4-13(6-15(5-12)30-20-26-3-2-18(31-20)22(23,24)25)17-9-27-19(35-17)14-7-29-32(10-14)11-16-8-28-21(33)34-16/h2-7,9-10,16H,8,11H2,1H3,(H,28,33)(H,26,30,31). The van der Waals surface area contributed by atoms with Gasteiger partial charge in [0.15, 0.2) is 0 Å². The van der Waals surface area contributed by atoms with E-state index < -0.39 is 18.0 Å². The Bertz CT molecular complexity index is 1390. The van der Waals surface area contributed by atoms with E-state index in [1.807, 2.05) is 19.2 Å². The van der Waals surface area contributed by atoms with Crippen LogP contribution in [0.15, 0.2) is 49.1 Å². The van der Waals surface area contributed by atoms with Crippen molar-refractivity contribution in [1.29, 1.82) is 0 Å². The van der Waals surface area contributed by atoms with Crippen LogP contribution in [0.1, 0.15) is 11.3 Å². The number of nitrogens with one attached hydrogen (secondary N) is 2. The summed E-state index contributed by atoms with van der Waals surface area (Å²) in [5.41, 5.74) is 2.11. The zero-order chi connectivity index (χ0) is 24.6. The molecule has 0 saturated carbocycles. The molecule has 4 aromatic rings. The second-order valence-corrected chi connectivity index (χ2v) is 8.90. The predicted octanol–water partition coefficient (Wildman–Crippen LogP) is 4.64. The molecule has 1 aliphatic heterocycles. The van der Waals surface area contributed by atoms with E-state index in [2.05, 4.69) is 30.7 Å². The number of halogens is 3. The highest BCUT2D eigenvalue weighted by Crippen LogP contribution is 2.34. The Labute approximate surface area is 201 Å². The molecule has 0 aliphatic carbocycles. The lowest BCUT2D eigenvalue weighted by atomic mass is 10.1. The lowest BCUT2D eigenvalue weighted by Gasteiger charge is -2.10. The third-order valence-electron chi connectivity index (χ3n) is 5.09. The number of thiazole rings is 1. The van der Waals surface area contributed by atoms with Crippen LogP contribution >= 0.6 is 11.3 Å². The van der Waals surface area contributed by atoms with Crippen molar-refractivity contribution in [3.63, 3.8) is 0 Å². The van der Waals surface area contributed by atoms with Crippen molar-refractivity contribution >= 4 is 29.1 Å². The number of carbonyl (C=O) groups excluding carboxylic acids is 1. The van der Waals surface area contributed by atoms with Gasteiger partial charge >= 0.3 is 12.3 Å². The second kappa shape index (κ2) is 8.98. The molecular formula is C22H18F3N7O2S. The molecule has 1 unspecified atom stereocenters. The number of aromatic nitrogens is 5. The summed E-state index contributed by atoms with van der Waals surface area (Å²) >= 11 is 1.46. The van der Waals surface area contributed by atoms with E-state index in [0.29, 0.717) is 18.8 Å². The zero-order valence-electron chi connectivity index (χ0n) is 18.2. The first-order valence-corrected chi connectivity index (χ1v) is 11.3. The summed E-state index contributed by atoms with van der Waals surface area (Å²) in [4.78, 5) is 24.0. The third-order valence-corrected chi connectivity index (χ3v) is 6.18. The summed E-state index contributed by atoms with van der Waals surface area (Å²) in [5.74, 6) is -0.142. The number of rotatable bonds is 6. The summed E-state index contributed by atoms with van der Waals surface area (Å²) < 4.78 is 45.7. The Morgan fingerprint density at radius 2 is 2.09 bits per heavy atom. The number of anilines is 2. The lowest BCUT2D eigenvalue weighted by Crippen LogP contribution is -2.20. The summed E-state index contributed by atoms with van der Waals surface area (Å²) in [7, 11) is 0. The molecule has 180 valence electrons. The van der Waals surface area contributed by atoms with Crippen molar-refractivity contribution in [2.45, 2.75) is 25.7 Å². The number of cyclic esters (lactones) is 1. The van der Waals surface area contributed by atoms with Gasteiger partial charge in [-0.05, 0) is 36.2 Å². The molecule has 1 fully saturated rings. The number of alkyl carbamates (subject to hydrolysis) is 1. The maximum Gasteiger partial charge on any atom is 0.433 e. The zero-order valence-corrected chi connectivity index (χ0v) is 19.0. The Morgan fingerprint density at radius 3 is 2.86 bits per heavy atom. The molecular weight excluding hydrogens is 483 g/mol. The summed E-state index contributed by atoms with van der Waals surface area (Å²) in [5, 5.41) is 10.5. The van der Waals surface area contributed by atoms with Crippen LogP contribution in [0, 0.1) is 6.92 Å². The van der Waals surface area contributed by atoms with Crippen LogP contribution in [-0.2, 0) is 17.5 Å². The first kappa shape index (κ1) is 22.8. The lowest BCUT2D eigenvalue weighted by molar-refractivity contribution is -0.141. The van der Waals surface area contributed by atoms with Crippen LogP contribution in [0.2, 0.25) is 0 Å². The van der Waals surface area contributed by atoms with Gasteiger partial charge in [-0.15, -0.1) is 11.3 Å². The molecule has 13 heteroatoms. The monoisotopic (exact) mass is 501 g/mol. The second-order valence-electron chi connectivity index (χ2n) is 7.86. The Hall–Kier alpha value is -4.00. The van der Waals surface area contributed by atoms with Gasteiger partial charge in [-0.3, -0.25) is 4.68 Å². The van der Waals surface area contributed by atoms with Gasteiger partial charge in [-0.2, -0.15) is 18.3 Å². The first-order valence-electron chi connectivity index (χ1n) is 10.5.